The van der Waals surface area contributed by atoms with E-state index in [-0.39, 0.29) is 10.6 Å². The molecule has 0 saturated carbocycles. The van der Waals surface area contributed by atoms with Crippen molar-refractivity contribution in [1.29, 1.82) is 0 Å². The smallest absolute Gasteiger partial charge is 0.326 e. The van der Waals surface area contributed by atoms with Gasteiger partial charge < -0.3 is 14.8 Å². The van der Waals surface area contributed by atoms with E-state index >= 15 is 0 Å². The van der Waals surface area contributed by atoms with Crippen molar-refractivity contribution in [3.8, 4) is 5.75 Å². The van der Waals surface area contributed by atoms with E-state index in [1.54, 1.807) is 0 Å². The minimum Gasteiger partial charge on any atom is -0.495 e. The van der Waals surface area contributed by atoms with Crippen molar-refractivity contribution in [2.24, 2.45) is 0 Å². The number of nitrogens with one attached hydrogen (secondary N) is 1. The molecule has 1 heterocycles. The number of amides is 3. The number of hydrogen-bond donors (Lipinski definition) is 1. The average Bonchev–Trinajstić information content (AvgIpc) is 2.90. The summed E-state index contributed by atoms with van der Waals surface area (Å²) in [5, 5.41) is 2.98. The molecule has 8 nitrogen and oxygen atoms in total. The van der Waals surface area contributed by atoms with E-state index in [1.165, 1.54) is 25.3 Å². The number of esters is 1. The van der Waals surface area contributed by atoms with Crippen molar-refractivity contribution in [3.05, 3.63) is 28.8 Å². The number of rotatable bonds is 10. The summed E-state index contributed by atoms with van der Waals surface area (Å²) in [7, 11) is 1.45. The van der Waals surface area contributed by atoms with Gasteiger partial charge in [0.1, 0.15) is 17.8 Å². The largest absolute Gasteiger partial charge is 0.495 e. The minimum atomic E-state index is -0.976. The molecule has 0 aromatic heterocycles. The number of ketones is 1. The predicted molar refractivity (Wildman–Crippen MR) is 106 cm³/mol. The highest BCUT2D eigenvalue weighted by Crippen LogP contribution is 2.28. The molecular weight excluding hydrogens is 400 g/mol. The highest BCUT2D eigenvalue weighted by Gasteiger charge is 2.50. The number of benzene rings is 1. The minimum absolute atomic E-state index is 0.253. The van der Waals surface area contributed by atoms with Crippen molar-refractivity contribution in [3.63, 3.8) is 0 Å². The van der Waals surface area contributed by atoms with Gasteiger partial charge in [-0.2, -0.15) is 0 Å². The fraction of sp³-hybridized carbons (Fsp3) is 0.500. The molecule has 9 heteroatoms. The highest BCUT2D eigenvalue weighted by molar-refractivity contribution is 6.32. The second-order valence-electron chi connectivity index (χ2n) is 6.84. The Morgan fingerprint density at radius 1 is 1.17 bits per heavy atom. The number of urea groups is 1. The Bertz CT molecular complexity index is 804. The lowest BCUT2D eigenvalue weighted by atomic mass is 9.88. The molecule has 158 valence electrons. The van der Waals surface area contributed by atoms with Gasteiger partial charge in [0.05, 0.1) is 12.1 Å². The van der Waals surface area contributed by atoms with E-state index in [4.69, 9.17) is 21.1 Å². The van der Waals surface area contributed by atoms with Crippen LogP contribution in [0, 0.1) is 0 Å². The number of hydrogen-bond acceptors (Lipinski definition) is 6. The number of ether oxygens (including phenoxy) is 2. The molecule has 0 unspecified atom stereocenters. The lowest BCUT2D eigenvalue weighted by molar-refractivity contribution is -0.147. The molecule has 1 aliphatic heterocycles. The standard InChI is InChI=1S/C20H25ClN2O6/c1-4-8-20(9-5-2)18(26)23(19(27)22-20)11-17(25)29-12-15(24)13-6-7-16(28-3)14(21)10-13/h6-7,10H,4-5,8-9,11-12H2,1-3H3,(H,22,27). The lowest BCUT2D eigenvalue weighted by Gasteiger charge is -2.25. The summed E-state index contributed by atoms with van der Waals surface area (Å²) in [5.41, 5.74) is -0.722. The van der Waals surface area contributed by atoms with E-state index in [2.05, 4.69) is 5.32 Å². The van der Waals surface area contributed by atoms with Crippen LogP contribution in [0.1, 0.15) is 49.9 Å². The molecule has 29 heavy (non-hydrogen) atoms. The highest BCUT2D eigenvalue weighted by atomic mass is 35.5. The van der Waals surface area contributed by atoms with Crippen LogP contribution < -0.4 is 10.1 Å². The lowest BCUT2D eigenvalue weighted by Crippen LogP contribution is -2.47. The van der Waals surface area contributed by atoms with Gasteiger partial charge in [0.25, 0.3) is 5.91 Å². The number of Topliss-reactive ketones (excluding diaryl/α,β-unsaturated/α-hetero) is 1. The summed E-state index contributed by atoms with van der Waals surface area (Å²) in [6.07, 6.45) is 2.41. The van der Waals surface area contributed by atoms with E-state index in [0.717, 1.165) is 4.90 Å². The van der Waals surface area contributed by atoms with Crippen LogP contribution in [0.15, 0.2) is 18.2 Å². The summed E-state index contributed by atoms with van der Waals surface area (Å²) in [6, 6.07) is 3.83. The average molecular weight is 425 g/mol. The van der Waals surface area contributed by atoms with E-state index < -0.39 is 42.4 Å². The summed E-state index contributed by atoms with van der Waals surface area (Å²) in [4.78, 5) is 50.2. The van der Waals surface area contributed by atoms with Crippen LogP contribution in [0.2, 0.25) is 5.02 Å². The molecule has 1 fully saturated rings. The molecule has 1 saturated heterocycles. The second kappa shape index (κ2) is 9.73. The van der Waals surface area contributed by atoms with Crippen LogP contribution in [-0.4, -0.2) is 54.4 Å². The van der Waals surface area contributed by atoms with Gasteiger partial charge in [0, 0.05) is 5.56 Å². The zero-order valence-electron chi connectivity index (χ0n) is 16.7. The molecular formula is C20H25ClN2O6. The van der Waals surface area contributed by atoms with Crippen molar-refractivity contribution in [2.45, 2.75) is 45.1 Å². The molecule has 1 aromatic rings. The molecule has 0 radical (unpaired) electrons. The SMILES string of the molecule is CCCC1(CCC)NC(=O)N(CC(=O)OCC(=O)c2ccc(OC)c(Cl)c2)C1=O. The number of imide groups is 1. The Morgan fingerprint density at radius 3 is 2.38 bits per heavy atom. The van der Waals surface area contributed by atoms with Gasteiger partial charge in [-0.15, -0.1) is 0 Å². The first-order valence-corrected chi connectivity index (χ1v) is 9.82. The summed E-state index contributed by atoms with van der Waals surface area (Å²) in [6.45, 7) is 2.77. The zero-order chi connectivity index (χ0) is 21.6. The molecule has 0 atom stereocenters. The number of halogens is 1. The van der Waals surface area contributed by atoms with Crippen molar-refractivity contribution < 1.29 is 28.7 Å². The molecule has 0 aliphatic carbocycles. The number of carbonyl (C=O) groups is 4. The summed E-state index contributed by atoms with van der Waals surface area (Å²) in [5.74, 6) is -1.32. The number of nitrogens with zero attached hydrogens (tertiary/aromatic N) is 1. The number of methoxy groups -OCH3 is 1. The predicted octanol–water partition coefficient (Wildman–Crippen LogP) is 2.97. The van der Waals surface area contributed by atoms with Crippen molar-refractivity contribution in [1.82, 2.24) is 10.2 Å². The Morgan fingerprint density at radius 2 is 1.83 bits per heavy atom. The van der Waals surface area contributed by atoms with Gasteiger partial charge in [-0.25, -0.2) is 4.79 Å². The third kappa shape index (κ3) is 5.06. The Kier molecular flexibility index (Phi) is 7.61. The van der Waals surface area contributed by atoms with Gasteiger partial charge in [-0.1, -0.05) is 38.3 Å². The third-order valence-electron chi connectivity index (χ3n) is 4.72. The molecule has 1 aromatic carbocycles. The third-order valence-corrected chi connectivity index (χ3v) is 5.02. The van der Waals surface area contributed by atoms with Crippen LogP contribution in [-0.2, 0) is 14.3 Å². The van der Waals surface area contributed by atoms with Crippen LogP contribution in [0.3, 0.4) is 0 Å². The maximum absolute atomic E-state index is 12.8. The maximum atomic E-state index is 12.8. The van der Waals surface area contributed by atoms with Gasteiger partial charge in [0.15, 0.2) is 12.4 Å². The van der Waals surface area contributed by atoms with E-state index in [1.807, 2.05) is 13.8 Å². The topological polar surface area (TPSA) is 102 Å². The monoisotopic (exact) mass is 424 g/mol. The molecule has 1 aliphatic rings. The Labute approximate surface area is 174 Å². The fourth-order valence-electron chi connectivity index (χ4n) is 3.38. The first kappa shape index (κ1) is 22.7. The summed E-state index contributed by atoms with van der Waals surface area (Å²) < 4.78 is 9.98. The van der Waals surface area contributed by atoms with Crippen LogP contribution >= 0.6 is 11.6 Å². The maximum Gasteiger partial charge on any atom is 0.326 e. The van der Waals surface area contributed by atoms with Crippen LogP contribution in [0.25, 0.3) is 0 Å². The van der Waals surface area contributed by atoms with Gasteiger partial charge in [-0.05, 0) is 31.0 Å². The fourth-order valence-corrected chi connectivity index (χ4v) is 3.64. The number of carbonyl (C=O) groups excluding carboxylic acids is 4. The molecule has 1 N–H and O–H groups in total. The zero-order valence-corrected chi connectivity index (χ0v) is 17.5. The van der Waals surface area contributed by atoms with Crippen LogP contribution in [0.5, 0.6) is 5.75 Å². The van der Waals surface area contributed by atoms with Gasteiger partial charge in [-0.3, -0.25) is 19.3 Å². The van der Waals surface area contributed by atoms with E-state index in [0.29, 0.717) is 31.4 Å². The first-order valence-electron chi connectivity index (χ1n) is 9.44. The van der Waals surface area contributed by atoms with Gasteiger partial charge in [0.2, 0.25) is 0 Å². The van der Waals surface area contributed by atoms with Crippen LogP contribution in [0.4, 0.5) is 4.79 Å². The van der Waals surface area contributed by atoms with E-state index in [9.17, 15) is 19.2 Å². The molecule has 3 amide bonds. The second-order valence-corrected chi connectivity index (χ2v) is 7.24. The van der Waals surface area contributed by atoms with Crippen molar-refractivity contribution in [2.75, 3.05) is 20.3 Å². The van der Waals surface area contributed by atoms with Gasteiger partial charge >= 0.3 is 12.0 Å². The molecule has 2 rings (SSSR count). The summed E-state index contributed by atoms with van der Waals surface area (Å²) >= 11 is 5.99. The first-order chi connectivity index (χ1) is 13.8. The molecule has 0 bridgehead atoms. The Balaban J connectivity index is 1.96. The normalized spacial score (nSPS) is 15.2. The Hall–Kier alpha value is -2.61. The molecule has 0 spiro atoms. The van der Waals surface area contributed by atoms with Crippen molar-refractivity contribution >= 4 is 35.3 Å². The quantitative estimate of drug-likeness (QED) is 0.352.